The summed E-state index contributed by atoms with van der Waals surface area (Å²) >= 11 is 0. The number of carbonyl (C=O) groups is 1. The first-order chi connectivity index (χ1) is 12.3. The Morgan fingerprint density at radius 2 is 2.12 bits per heavy atom. The maximum atomic E-state index is 12.4. The van der Waals surface area contributed by atoms with Crippen molar-refractivity contribution < 1.29 is 14.3 Å². The van der Waals surface area contributed by atoms with Gasteiger partial charge in [0.25, 0.3) is 0 Å². The molecule has 25 heavy (non-hydrogen) atoms. The Balaban J connectivity index is 1.67. The summed E-state index contributed by atoms with van der Waals surface area (Å²) in [6.07, 6.45) is 5.40. The van der Waals surface area contributed by atoms with Crippen LogP contribution in [0, 0.1) is 5.92 Å². The molecule has 1 amide bonds. The monoisotopic (exact) mass is 341 g/mol. The molecule has 1 fully saturated rings. The third-order valence-corrected chi connectivity index (χ3v) is 4.24. The van der Waals surface area contributed by atoms with Gasteiger partial charge in [-0.3, -0.25) is 9.78 Å². The zero-order chi connectivity index (χ0) is 17.5. The van der Waals surface area contributed by atoms with Crippen LogP contribution in [-0.2, 0) is 11.4 Å². The van der Waals surface area contributed by atoms with Gasteiger partial charge in [-0.15, -0.1) is 0 Å². The number of rotatable bonds is 6. The third kappa shape index (κ3) is 4.70. The van der Waals surface area contributed by atoms with E-state index in [-0.39, 0.29) is 11.8 Å². The van der Waals surface area contributed by atoms with Crippen molar-refractivity contribution in [1.29, 1.82) is 0 Å². The molecule has 1 saturated heterocycles. The predicted octanol–water partition coefficient (Wildman–Crippen LogP) is 2.61. The van der Waals surface area contributed by atoms with E-state index < -0.39 is 0 Å². The summed E-state index contributed by atoms with van der Waals surface area (Å²) in [7, 11) is 1.60. The molecule has 0 bridgehead atoms. The number of nitrogens with one attached hydrogen (secondary N) is 2. The van der Waals surface area contributed by atoms with Crippen molar-refractivity contribution in [3.63, 3.8) is 0 Å². The number of carbonyl (C=O) groups excluding carboxylic acids is 1. The van der Waals surface area contributed by atoms with E-state index in [1.807, 2.05) is 18.2 Å². The Kier molecular flexibility index (Phi) is 5.85. The van der Waals surface area contributed by atoms with Crippen LogP contribution in [0.3, 0.4) is 0 Å². The van der Waals surface area contributed by atoms with Gasteiger partial charge in [0, 0.05) is 30.7 Å². The van der Waals surface area contributed by atoms with Crippen LogP contribution in [0.2, 0.25) is 0 Å². The molecule has 3 rings (SSSR count). The van der Waals surface area contributed by atoms with E-state index in [0.29, 0.717) is 23.8 Å². The number of methoxy groups -OCH3 is 1. The summed E-state index contributed by atoms with van der Waals surface area (Å²) in [6, 6.07) is 9.22. The molecule has 1 unspecified atom stereocenters. The van der Waals surface area contributed by atoms with Crippen molar-refractivity contribution >= 4 is 11.6 Å². The fourth-order valence-electron chi connectivity index (χ4n) is 2.83. The zero-order valence-corrected chi connectivity index (χ0v) is 14.3. The Labute approximate surface area is 147 Å². The summed E-state index contributed by atoms with van der Waals surface area (Å²) in [5.74, 6) is 1.28. The standard InChI is InChI=1S/C19H23N3O3/c1-24-17-5-4-16(22-19(23)15-3-2-8-21-12-15)11-18(17)25-13-14-6-9-20-10-7-14/h4-7,9-11,15,21H,2-3,8,12-13H2,1H3,(H,22,23). The number of piperidine rings is 1. The van der Waals surface area contributed by atoms with E-state index >= 15 is 0 Å². The first-order valence-electron chi connectivity index (χ1n) is 8.47. The van der Waals surface area contributed by atoms with Crippen molar-refractivity contribution in [3.8, 4) is 11.5 Å². The van der Waals surface area contributed by atoms with Crippen LogP contribution in [0.1, 0.15) is 18.4 Å². The van der Waals surface area contributed by atoms with E-state index in [1.54, 1.807) is 31.6 Å². The highest BCUT2D eigenvalue weighted by Crippen LogP contribution is 2.31. The third-order valence-electron chi connectivity index (χ3n) is 4.24. The molecule has 1 aromatic heterocycles. The lowest BCUT2D eigenvalue weighted by atomic mass is 9.99. The number of amides is 1. The molecule has 6 heteroatoms. The molecule has 1 atom stereocenters. The molecular formula is C19H23N3O3. The summed E-state index contributed by atoms with van der Waals surface area (Å²) in [6.45, 7) is 2.12. The minimum atomic E-state index is 0.0111. The minimum absolute atomic E-state index is 0.0111. The highest BCUT2D eigenvalue weighted by molar-refractivity contribution is 5.93. The van der Waals surface area contributed by atoms with Crippen molar-refractivity contribution in [2.75, 3.05) is 25.5 Å². The molecule has 1 aromatic carbocycles. The molecule has 6 nitrogen and oxygen atoms in total. The molecule has 2 N–H and O–H groups in total. The molecule has 0 spiro atoms. The van der Waals surface area contributed by atoms with Crippen LogP contribution in [0.15, 0.2) is 42.7 Å². The lowest BCUT2D eigenvalue weighted by Gasteiger charge is -2.22. The number of anilines is 1. The second kappa shape index (κ2) is 8.48. The maximum absolute atomic E-state index is 12.4. The van der Waals surface area contributed by atoms with Gasteiger partial charge < -0.3 is 20.1 Å². The van der Waals surface area contributed by atoms with Gasteiger partial charge in [-0.1, -0.05) is 0 Å². The topological polar surface area (TPSA) is 72.5 Å². The van der Waals surface area contributed by atoms with Gasteiger partial charge in [-0.2, -0.15) is 0 Å². The molecule has 2 heterocycles. The molecule has 1 aliphatic rings. The number of pyridine rings is 1. The Hall–Kier alpha value is -2.60. The normalized spacial score (nSPS) is 16.9. The van der Waals surface area contributed by atoms with E-state index in [0.717, 1.165) is 31.5 Å². The quantitative estimate of drug-likeness (QED) is 0.845. The Morgan fingerprint density at radius 3 is 2.84 bits per heavy atom. The van der Waals surface area contributed by atoms with Gasteiger partial charge >= 0.3 is 0 Å². The van der Waals surface area contributed by atoms with Crippen molar-refractivity contribution in [3.05, 3.63) is 48.3 Å². The van der Waals surface area contributed by atoms with Gasteiger partial charge in [-0.05, 0) is 49.2 Å². The molecule has 0 radical (unpaired) electrons. The number of aromatic nitrogens is 1. The van der Waals surface area contributed by atoms with Gasteiger partial charge in [0.05, 0.1) is 13.0 Å². The Morgan fingerprint density at radius 1 is 1.28 bits per heavy atom. The fraction of sp³-hybridized carbons (Fsp3) is 0.368. The van der Waals surface area contributed by atoms with Gasteiger partial charge in [0.1, 0.15) is 6.61 Å². The predicted molar refractivity (Wildman–Crippen MR) is 95.8 cm³/mol. The van der Waals surface area contributed by atoms with Crippen molar-refractivity contribution in [2.45, 2.75) is 19.4 Å². The number of hydrogen-bond donors (Lipinski definition) is 2. The SMILES string of the molecule is COc1ccc(NC(=O)C2CCCNC2)cc1OCc1ccncc1. The molecule has 0 saturated carbocycles. The highest BCUT2D eigenvalue weighted by Gasteiger charge is 2.21. The summed E-state index contributed by atoms with van der Waals surface area (Å²) < 4.78 is 11.2. The largest absolute Gasteiger partial charge is 0.493 e. The number of nitrogens with zero attached hydrogens (tertiary/aromatic N) is 1. The Bertz CT molecular complexity index is 700. The number of benzene rings is 1. The second-order valence-electron chi connectivity index (χ2n) is 6.04. The van der Waals surface area contributed by atoms with Crippen LogP contribution in [0.4, 0.5) is 5.69 Å². The van der Waals surface area contributed by atoms with Crippen LogP contribution >= 0.6 is 0 Å². The van der Waals surface area contributed by atoms with Crippen molar-refractivity contribution in [1.82, 2.24) is 10.3 Å². The lowest BCUT2D eigenvalue weighted by Crippen LogP contribution is -2.37. The average molecular weight is 341 g/mol. The first-order valence-corrected chi connectivity index (χ1v) is 8.47. The molecule has 0 aliphatic carbocycles. The van der Waals surface area contributed by atoms with E-state index in [1.165, 1.54) is 0 Å². The van der Waals surface area contributed by atoms with Crippen LogP contribution < -0.4 is 20.1 Å². The van der Waals surface area contributed by atoms with Gasteiger partial charge in [0.15, 0.2) is 11.5 Å². The summed E-state index contributed by atoms with van der Waals surface area (Å²) in [5, 5.41) is 6.24. The van der Waals surface area contributed by atoms with Crippen LogP contribution in [-0.4, -0.2) is 31.1 Å². The maximum Gasteiger partial charge on any atom is 0.228 e. The van der Waals surface area contributed by atoms with E-state index in [4.69, 9.17) is 9.47 Å². The summed E-state index contributed by atoms with van der Waals surface area (Å²) in [5.41, 5.74) is 1.72. The van der Waals surface area contributed by atoms with E-state index in [9.17, 15) is 4.79 Å². The molecule has 132 valence electrons. The number of ether oxygens (including phenoxy) is 2. The van der Waals surface area contributed by atoms with Crippen LogP contribution in [0.25, 0.3) is 0 Å². The van der Waals surface area contributed by atoms with Gasteiger partial charge in [-0.25, -0.2) is 0 Å². The molecule has 1 aliphatic heterocycles. The zero-order valence-electron chi connectivity index (χ0n) is 14.3. The summed E-state index contributed by atoms with van der Waals surface area (Å²) in [4.78, 5) is 16.4. The van der Waals surface area contributed by atoms with Crippen molar-refractivity contribution in [2.24, 2.45) is 5.92 Å². The molecular weight excluding hydrogens is 318 g/mol. The van der Waals surface area contributed by atoms with E-state index in [2.05, 4.69) is 15.6 Å². The minimum Gasteiger partial charge on any atom is -0.493 e. The smallest absolute Gasteiger partial charge is 0.228 e. The lowest BCUT2D eigenvalue weighted by molar-refractivity contribution is -0.120. The average Bonchev–Trinajstić information content (AvgIpc) is 2.68. The highest BCUT2D eigenvalue weighted by atomic mass is 16.5. The number of hydrogen-bond acceptors (Lipinski definition) is 5. The second-order valence-corrected chi connectivity index (χ2v) is 6.04. The molecule has 2 aromatic rings. The fourth-order valence-corrected chi connectivity index (χ4v) is 2.83. The van der Waals surface area contributed by atoms with Crippen LogP contribution in [0.5, 0.6) is 11.5 Å². The first kappa shape index (κ1) is 17.2. The van der Waals surface area contributed by atoms with Gasteiger partial charge in [0.2, 0.25) is 5.91 Å².